The van der Waals surface area contributed by atoms with E-state index >= 15 is 0 Å². The second kappa shape index (κ2) is 9.71. The predicted molar refractivity (Wildman–Crippen MR) is 98.3 cm³/mol. The van der Waals surface area contributed by atoms with E-state index in [1.165, 1.54) is 38.5 Å². The molecule has 1 unspecified atom stereocenters. The maximum absolute atomic E-state index is 8.60. The topological polar surface area (TPSA) is 36.7 Å². The molecule has 1 saturated carbocycles. The van der Waals surface area contributed by atoms with Crippen LogP contribution in [-0.4, -0.2) is 4.98 Å². The van der Waals surface area contributed by atoms with Gasteiger partial charge in [0.05, 0.1) is 0 Å². The Morgan fingerprint density at radius 2 is 1.87 bits per heavy atom. The van der Waals surface area contributed by atoms with E-state index in [2.05, 4.69) is 39.6 Å². The van der Waals surface area contributed by atoms with E-state index in [1.807, 2.05) is 18.2 Å². The van der Waals surface area contributed by atoms with Crippen LogP contribution in [0.2, 0.25) is 0 Å². The smallest absolute Gasteiger partial charge is 0.140 e. The number of rotatable bonds is 3. The molecule has 0 amide bonds. The Balaban J connectivity index is 0.000000231. The van der Waals surface area contributed by atoms with Crippen LogP contribution in [0.1, 0.15) is 96.9 Å². The molecule has 2 heteroatoms. The summed E-state index contributed by atoms with van der Waals surface area (Å²) < 4.78 is 0. The van der Waals surface area contributed by atoms with Gasteiger partial charge in [0.15, 0.2) is 0 Å². The molecular weight excluding hydrogens is 280 g/mol. The summed E-state index contributed by atoms with van der Waals surface area (Å²) in [7, 11) is 0. The Bertz CT molecular complexity index is 487. The molecule has 0 radical (unpaired) electrons. The summed E-state index contributed by atoms with van der Waals surface area (Å²) >= 11 is 0. The van der Waals surface area contributed by atoms with E-state index in [4.69, 9.17) is 5.26 Å². The molecule has 1 aromatic heterocycles. The third kappa shape index (κ3) is 8.16. The van der Waals surface area contributed by atoms with E-state index in [1.54, 1.807) is 6.07 Å². The quantitative estimate of drug-likeness (QED) is 0.641. The van der Waals surface area contributed by atoms with Crippen molar-refractivity contribution in [2.24, 2.45) is 11.3 Å². The highest BCUT2D eigenvalue weighted by Crippen LogP contribution is 2.33. The van der Waals surface area contributed by atoms with Crippen molar-refractivity contribution < 1.29 is 0 Å². The molecule has 0 bridgehead atoms. The highest BCUT2D eigenvalue weighted by molar-refractivity contribution is 5.23. The third-order valence-electron chi connectivity index (χ3n) is 4.63. The van der Waals surface area contributed by atoms with E-state index in [0.717, 1.165) is 18.0 Å². The lowest BCUT2D eigenvalue weighted by molar-refractivity contribution is 0.240. The van der Waals surface area contributed by atoms with Crippen molar-refractivity contribution in [1.29, 1.82) is 5.26 Å². The SMILES string of the molecule is CC(C)(C)CC1CCCCC1.CCC(C)c1cccc(C#N)n1. The molecule has 1 fully saturated rings. The minimum Gasteiger partial charge on any atom is -0.242 e. The maximum atomic E-state index is 8.60. The van der Waals surface area contributed by atoms with Crippen LogP contribution in [0, 0.1) is 22.7 Å². The third-order valence-corrected chi connectivity index (χ3v) is 4.63. The number of nitriles is 1. The van der Waals surface area contributed by atoms with Crippen molar-refractivity contribution in [2.75, 3.05) is 0 Å². The summed E-state index contributed by atoms with van der Waals surface area (Å²) in [6.07, 6.45) is 9.95. The zero-order valence-electron chi connectivity index (χ0n) is 15.7. The highest BCUT2D eigenvalue weighted by Gasteiger charge is 2.20. The molecular formula is C21H34N2. The number of hydrogen-bond acceptors (Lipinski definition) is 2. The second-order valence-electron chi connectivity index (χ2n) is 8.14. The number of nitrogens with zero attached hydrogens (tertiary/aromatic N) is 2. The van der Waals surface area contributed by atoms with Gasteiger partial charge < -0.3 is 0 Å². The van der Waals surface area contributed by atoms with Crippen molar-refractivity contribution >= 4 is 0 Å². The molecule has 0 aromatic carbocycles. The van der Waals surface area contributed by atoms with Crippen LogP contribution >= 0.6 is 0 Å². The Hall–Kier alpha value is -1.36. The highest BCUT2D eigenvalue weighted by atomic mass is 14.7. The van der Waals surface area contributed by atoms with Gasteiger partial charge in [-0.1, -0.05) is 72.8 Å². The molecule has 1 aliphatic carbocycles. The van der Waals surface area contributed by atoms with Crippen LogP contribution in [0.15, 0.2) is 18.2 Å². The van der Waals surface area contributed by atoms with Gasteiger partial charge in [0, 0.05) is 5.69 Å². The fourth-order valence-electron chi connectivity index (χ4n) is 3.25. The van der Waals surface area contributed by atoms with Gasteiger partial charge in [-0.25, -0.2) is 4.98 Å². The van der Waals surface area contributed by atoms with Crippen molar-refractivity contribution in [3.63, 3.8) is 0 Å². The van der Waals surface area contributed by atoms with Gasteiger partial charge >= 0.3 is 0 Å². The first-order valence-electron chi connectivity index (χ1n) is 9.22. The van der Waals surface area contributed by atoms with E-state index in [9.17, 15) is 0 Å². The van der Waals surface area contributed by atoms with Gasteiger partial charge in [-0.05, 0) is 42.2 Å². The first-order chi connectivity index (χ1) is 10.9. The predicted octanol–water partition coefficient (Wildman–Crippen LogP) is 6.47. The lowest BCUT2D eigenvalue weighted by Gasteiger charge is -2.28. The summed E-state index contributed by atoms with van der Waals surface area (Å²) in [5.41, 5.74) is 2.08. The standard InChI is InChI=1S/C11H22.C10H12N2/c1-11(2,3)9-10-7-5-4-6-8-10;1-3-8(2)10-6-4-5-9(7-11)12-10/h10H,4-9H2,1-3H3;4-6,8H,3H2,1-2H3. The summed E-state index contributed by atoms with van der Waals surface area (Å²) in [6.45, 7) is 11.3. The summed E-state index contributed by atoms with van der Waals surface area (Å²) in [5, 5.41) is 8.60. The zero-order chi connectivity index (χ0) is 17.3. The molecule has 2 rings (SSSR count). The molecule has 0 N–H and O–H groups in total. The van der Waals surface area contributed by atoms with Crippen LogP contribution in [0.3, 0.4) is 0 Å². The first kappa shape index (κ1) is 19.7. The Kier molecular flexibility index (Phi) is 8.31. The Morgan fingerprint density at radius 1 is 1.22 bits per heavy atom. The Labute approximate surface area is 143 Å². The van der Waals surface area contributed by atoms with E-state index in [-0.39, 0.29) is 0 Å². The van der Waals surface area contributed by atoms with Crippen molar-refractivity contribution in [3.8, 4) is 6.07 Å². The van der Waals surface area contributed by atoms with Crippen LogP contribution in [0.4, 0.5) is 0 Å². The van der Waals surface area contributed by atoms with Gasteiger partial charge in [0.2, 0.25) is 0 Å². The molecule has 1 atom stereocenters. The van der Waals surface area contributed by atoms with Crippen LogP contribution in [0.5, 0.6) is 0 Å². The number of hydrogen-bond donors (Lipinski definition) is 0. The molecule has 1 aromatic rings. The van der Waals surface area contributed by atoms with Crippen LogP contribution in [0.25, 0.3) is 0 Å². The van der Waals surface area contributed by atoms with Crippen molar-refractivity contribution in [3.05, 3.63) is 29.6 Å². The van der Waals surface area contributed by atoms with Gasteiger partial charge in [-0.15, -0.1) is 0 Å². The molecule has 1 aliphatic rings. The van der Waals surface area contributed by atoms with Gasteiger partial charge in [0.1, 0.15) is 11.8 Å². The van der Waals surface area contributed by atoms with Gasteiger partial charge in [-0.3, -0.25) is 0 Å². The van der Waals surface area contributed by atoms with Crippen molar-refractivity contribution in [2.45, 2.75) is 85.5 Å². The normalized spacial score (nSPS) is 16.9. The number of pyridine rings is 1. The summed E-state index contributed by atoms with van der Waals surface area (Å²) in [5.74, 6) is 1.49. The Morgan fingerprint density at radius 3 is 2.39 bits per heavy atom. The fourth-order valence-corrected chi connectivity index (χ4v) is 3.25. The monoisotopic (exact) mass is 314 g/mol. The largest absolute Gasteiger partial charge is 0.242 e. The fraction of sp³-hybridized carbons (Fsp3) is 0.714. The maximum Gasteiger partial charge on any atom is 0.140 e. The minimum absolute atomic E-state index is 0.443. The second-order valence-corrected chi connectivity index (χ2v) is 8.14. The summed E-state index contributed by atoms with van der Waals surface area (Å²) in [4.78, 5) is 4.20. The average Bonchev–Trinajstić information content (AvgIpc) is 2.54. The minimum atomic E-state index is 0.443. The number of aromatic nitrogens is 1. The van der Waals surface area contributed by atoms with E-state index < -0.39 is 0 Å². The average molecular weight is 315 g/mol. The lowest BCUT2D eigenvalue weighted by Crippen LogP contribution is -2.15. The molecule has 23 heavy (non-hydrogen) atoms. The van der Waals surface area contributed by atoms with Crippen LogP contribution < -0.4 is 0 Å². The summed E-state index contributed by atoms with van der Waals surface area (Å²) in [6, 6.07) is 7.61. The van der Waals surface area contributed by atoms with Crippen LogP contribution in [-0.2, 0) is 0 Å². The van der Waals surface area contributed by atoms with Gasteiger partial charge in [0.25, 0.3) is 0 Å². The zero-order valence-corrected chi connectivity index (χ0v) is 15.7. The molecule has 1 heterocycles. The van der Waals surface area contributed by atoms with Crippen molar-refractivity contribution in [1.82, 2.24) is 4.98 Å². The molecule has 0 spiro atoms. The van der Waals surface area contributed by atoms with E-state index in [0.29, 0.717) is 17.0 Å². The van der Waals surface area contributed by atoms with Gasteiger partial charge in [-0.2, -0.15) is 5.26 Å². The molecule has 0 saturated heterocycles. The lowest BCUT2D eigenvalue weighted by atomic mass is 9.78. The molecule has 128 valence electrons. The first-order valence-corrected chi connectivity index (χ1v) is 9.22. The molecule has 2 nitrogen and oxygen atoms in total. The molecule has 0 aliphatic heterocycles.